The Labute approximate surface area is 131 Å². The van der Waals surface area contributed by atoms with E-state index in [2.05, 4.69) is 66.3 Å². The summed E-state index contributed by atoms with van der Waals surface area (Å²) < 4.78 is 7.39. The van der Waals surface area contributed by atoms with Crippen molar-refractivity contribution in [1.29, 1.82) is 0 Å². The zero-order valence-corrected chi connectivity index (χ0v) is 14.4. The van der Waals surface area contributed by atoms with E-state index in [1.54, 1.807) is 0 Å². The van der Waals surface area contributed by atoms with Gasteiger partial charge in [-0.1, -0.05) is 41.1 Å². The number of likely N-dealkylation sites (N-methyl/N-ethyl adjacent to an activating group) is 1. The average molecular weight is 340 g/mol. The van der Waals surface area contributed by atoms with E-state index >= 15 is 0 Å². The van der Waals surface area contributed by atoms with Crippen molar-refractivity contribution in [2.75, 3.05) is 13.1 Å². The number of benzene rings is 1. The van der Waals surface area contributed by atoms with Crippen molar-refractivity contribution in [2.45, 2.75) is 57.7 Å². The lowest BCUT2D eigenvalue weighted by molar-refractivity contribution is -0.0209. The third kappa shape index (κ3) is 4.31. The predicted molar refractivity (Wildman–Crippen MR) is 88.2 cm³/mol. The topological polar surface area (TPSA) is 21.3 Å². The molecule has 1 fully saturated rings. The van der Waals surface area contributed by atoms with E-state index in [4.69, 9.17) is 4.74 Å². The molecule has 0 amide bonds. The van der Waals surface area contributed by atoms with E-state index in [0.717, 1.165) is 19.5 Å². The van der Waals surface area contributed by atoms with Crippen LogP contribution in [0.1, 0.15) is 51.5 Å². The fourth-order valence-electron chi connectivity index (χ4n) is 3.01. The molecule has 0 radical (unpaired) electrons. The van der Waals surface area contributed by atoms with Gasteiger partial charge in [-0.2, -0.15) is 0 Å². The van der Waals surface area contributed by atoms with Crippen molar-refractivity contribution < 1.29 is 4.74 Å². The van der Waals surface area contributed by atoms with Gasteiger partial charge < -0.3 is 10.1 Å². The molecule has 3 heteroatoms. The van der Waals surface area contributed by atoms with Crippen molar-refractivity contribution in [3.63, 3.8) is 0 Å². The van der Waals surface area contributed by atoms with Gasteiger partial charge in [0.15, 0.2) is 0 Å². The van der Waals surface area contributed by atoms with Gasteiger partial charge in [-0.25, -0.2) is 0 Å². The summed E-state index contributed by atoms with van der Waals surface area (Å²) in [4.78, 5) is 0. The summed E-state index contributed by atoms with van der Waals surface area (Å²) in [6, 6.07) is 8.56. The molecule has 0 spiro atoms. The van der Waals surface area contributed by atoms with Crippen molar-refractivity contribution in [3.05, 3.63) is 34.3 Å². The van der Waals surface area contributed by atoms with Crippen molar-refractivity contribution in [1.82, 2.24) is 5.32 Å². The first kappa shape index (κ1) is 16.0. The minimum atomic E-state index is 0.0569. The second-order valence-corrected chi connectivity index (χ2v) is 7.15. The molecule has 0 aromatic heterocycles. The standard InChI is InChI=1S/C17H26BrNO/c1-4-19-12-13(15-7-5-6-8-16(15)18)11-14-9-10-17(2,3)20-14/h5-8,13-14,19H,4,9-12H2,1-3H3. The van der Waals surface area contributed by atoms with Crippen LogP contribution in [-0.4, -0.2) is 24.8 Å². The molecule has 1 saturated heterocycles. The molecule has 1 aromatic carbocycles. The summed E-state index contributed by atoms with van der Waals surface area (Å²) in [7, 11) is 0. The quantitative estimate of drug-likeness (QED) is 0.824. The first-order valence-corrected chi connectivity index (χ1v) is 8.44. The Bertz CT molecular complexity index is 433. The van der Waals surface area contributed by atoms with Crippen LogP contribution in [-0.2, 0) is 4.74 Å². The van der Waals surface area contributed by atoms with Gasteiger partial charge in [0.1, 0.15) is 0 Å². The van der Waals surface area contributed by atoms with E-state index in [1.165, 1.54) is 22.9 Å². The number of hydrogen-bond acceptors (Lipinski definition) is 2. The molecule has 1 N–H and O–H groups in total. The zero-order valence-electron chi connectivity index (χ0n) is 12.8. The number of ether oxygens (including phenoxy) is 1. The highest BCUT2D eigenvalue weighted by Gasteiger charge is 2.33. The first-order valence-electron chi connectivity index (χ1n) is 7.65. The smallest absolute Gasteiger partial charge is 0.0631 e. The minimum Gasteiger partial charge on any atom is -0.372 e. The van der Waals surface area contributed by atoms with E-state index in [1.807, 2.05) is 0 Å². The highest BCUT2D eigenvalue weighted by atomic mass is 79.9. The van der Waals surface area contributed by atoms with Gasteiger partial charge in [0.25, 0.3) is 0 Å². The maximum absolute atomic E-state index is 6.18. The molecule has 2 rings (SSSR count). The molecule has 1 heterocycles. The van der Waals surface area contributed by atoms with Crippen LogP contribution >= 0.6 is 15.9 Å². The first-order chi connectivity index (χ1) is 9.52. The Morgan fingerprint density at radius 3 is 2.75 bits per heavy atom. The fourth-order valence-corrected chi connectivity index (χ4v) is 3.61. The summed E-state index contributed by atoms with van der Waals surface area (Å²) >= 11 is 3.69. The summed E-state index contributed by atoms with van der Waals surface area (Å²) in [5.41, 5.74) is 1.45. The molecule has 0 aliphatic carbocycles. The minimum absolute atomic E-state index is 0.0569. The Hall–Kier alpha value is -0.380. The summed E-state index contributed by atoms with van der Waals surface area (Å²) in [6.45, 7) is 8.58. The van der Waals surface area contributed by atoms with Crippen molar-refractivity contribution in [3.8, 4) is 0 Å². The largest absolute Gasteiger partial charge is 0.372 e. The van der Waals surface area contributed by atoms with Crippen LogP contribution in [0.3, 0.4) is 0 Å². The van der Waals surface area contributed by atoms with Gasteiger partial charge in [-0.05, 0) is 57.2 Å². The molecule has 20 heavy (non-hydrogen) atoms. The maximum atomic E-state index is 6.18. The Kier molecular flexibility index (Phi) is 5.65. The van der Waals surface area contributed by atoms with Gasteiger partial charge in [0, 0.05) is 11.0 Å². The van der Waals surface area contributed by atoms with Gasteiger partial charge in [-0.3, -0.25) is 0 Å². The summed E-state index contributed by atoms with van der Waals surface area (Å²) in [6.07, 6.45) is 3.83. The Balaban J connectivity index is 2.06. The van der Waals surface area contributed by atoms with Crippen LogP contribution in [0.2, 0.25) is 0 Å². The van der Waals surface area contributed by atoms with E-state index in [-0.39, 0.29) is 5.60 Å². The van der Waals surface area contributed by atoms with Crippen LogP contribution in [0.5, 0.6) is 0 Å². The lowest BCUT2D eigenvalue weighted by Gasteiger charge is -2.24. The van der Waals surface area contributed by atoms with Gasteiger partial charge >= 0.3 is 0 Å². The lowest BCUT2D eigenvalue weighted by atomic mass is 9.92. The third-order valence-corrected chi connectivity index (χ3v) is 4.81. The van der Waals surface area contributed by atoms with E-state index in [9.17, 15) is 0 Å². The molecule has 2 atom stereocenters. The second-order valence-electron chi connectivity index (χ2n) is 6.30. The molecule has 0 bridgehead atoms. The van der Waals surface area contributed by atoms with Gasteiger partial charge in [-0.15, -0.1) is 0 Å². The van der Waals surface area contributed by atoms with E-state index < -0.39 is 0 Å². The average Bonchev–Trinajstić information content (AvgIpc) is 2.75. The molecule has 2 unspecified atom stereocenters. The SMILES string of the molecule is CCNCC(CC1CCC(C)(C)O1)c1ccccc1Br. The van der Waals surface area contributed by atoms with Crippen LogP contribution in [0, 0.1) is 0 Å². The summed E-state index contributed by atoms with van der Waals surface area (Å²) in [5, 5.41) is 3.49. The molecule has 1 aliphatic rings. The number of hydrogen-bond donors (Lipinski definition) is 1. The predicted octanol–water partition coefficient (Wildman–Crippen LogP) is 4.49. The molecule has 112 valence electrons. The normalized spacial score (nSPS) is 22.9. The van der Waals surface area contributed by atoms with Crippen LogP contribution in [0.4, 0.5) is 0 Å². The molecule has 1 aliphatic heterocycles. The maximum Gasteiger partial charge on any atom is 0.0631 e. The molecular formula is C17H26BrNO. The van der Waals surface area contributed by atoms with Gasteiger partial charge in [0.05, 0.1) is 11.7 Å². The second kappa shape index (κ2) is 7.06. The third-order valence-electron chi connectivity index (χ3n) is 4.09. The Morgan fingerprint density at radius 1 is 1.40 bits per heavy atom. The molecule has 1 aromatic rings. The molecular weight excluding hydrogens is 314 g/mol. The number of nitrogens with one attached hydrogen (secondary N) is 1. The molecule has 2 nitrogen and oxygen atoms in total. The van der Waals surface area contributed by atoms with Crippen LogP contribution in [0.15, 0.2) is 28.7 Å². The fraction of sp³-hybridized carbons (Fsp3) is 0.647. The number of rotatable bonds is 6. The number of halogens is 1. The summed E-state index contributed by atoms with van der Waals surface area (Å²) in [5.74, 6) is 0.504. The lowest BCUT2D eigenvalue weighted by Crippen LogP contribution is -2.26. The molecule has 0 saturated carbocycles. The zero-order chi connectivity index (χ0) is 14.6. The van der Waals surface area contributed by atoms with Crippen LogP contribution in [0.25, 0.3) is 0 Å². The van der Waals surface area contributed by atoms with Crippen molar-refractivity contribution >= 4 is 15.9 Å². The van der Waals surface area contributed by atoms with E-state index in [0.29, 0.717) is 12.0 Å². The van der Waals surface area contributed by atoms with Crippen LogP contribution < -0.4 is 5.32 Å². The highest BCUT2D eigenvalue weighted by molar-refractivity contribution is 9.10. The highest BCUT2D eigenvalue weighted by Crippen LogP contribution is 2.36. The van der Waals surface area contributed by atoms with Crippen molar-refractivity contribution in [2.24, 2.45) is 0 Å². The van der Waals surface area contributed by atoms with Gasteiger partial charge in [0.2, 0.25) is 0 Å². The monoisotopic (exact) mass is 339 g/mol. The Morgan fingerprint density at radius 2 is 2.15 bits per heavy atom.